The monoisotopic (exact) mass is 258 g/mol. The van der Waals surface area contributed by atoms with Crippen LogP contribution in [0, 0.1) is 0 Å². The average Bonchev–Trinajstić information content (AvgIpc) is 2.38. The maximum absolute atomic E-state index is 11.9. The Bertz CT molecular complexity index is 290. The van der Waals surface area contributed by atoms with Crippen LogP contribution in [-0.2, 0) is 9.53 Å². The van der Waals surface area contributed by atoms with E-state index in [0.717, 1.165) is 19.3 Å². The van der Waals surface area contributed by atoms with Crippen LogP contribution in [0.4, 0.5) is 4.79 Å². The van der Waals surface area contributed by atoms with E-state index < -0.39 is 12.0 Å². The lowest BCUT2D eigenvalue weighted by Crippen LogP contribution is -2.50. The third-order valence-corrected chi connectivity index (χ3v) is 3.23. The Hall–Kier alpha value is -1.30. The number of carbonyl (C=O) groups excluding carboxylic acids is 1. The molecule has 2 amide bonds. The number of urea groups is 1. The average molecular weight is 258 g/mol. The number of amides is 2. The molecule has 0 spiro atoms. The summed E-state index contributed by atoms with van der Waals surface area (Å²) in [6.45, 7) is 3.20. The standard InChI is InChI=1S/C12H22N2O4/c1-3-4-10(11(15)16)13-12(17)14(2)9-5-7-18-8-6-9/h9-10H,3-8H2,1-2H3,(H,13,17)(H,15,16)/t10-/m1/s1. The summed E-state index contributed by atoms with van der Waals surface area (Å²) in [7, 11) is 1.70. The third-order valence-electron chi connectivity index (χ3n) is 3.23. The number of carboxylic acid groups (broad SMARTS) is 1. The number of ether oxygens (including phenoxy) is 1. The minimum Gasteiger partial charge on any atom is -0.480 e. The second kappa shape index (κ2) is 7.20. The number of rotatable bonds is 5. The van der Waals surface area contributed by atoms with Crippen molar-refractivity contribution in [1.82, 2.24) is 10.2 Å². The van der Waals surface area contributed by atoms with Gasteiger partial charge in [-0.05, 0) is 19.3 Å². The van der Waals surface area contributed by atoms with Crippen molar-refractivity contribution in [1.29, 1.82) is 0 Å². The van der Waals surface area contributed by atoms with Gasteiger partial charge in [0.25, 0.3) is 0 Å². The molecule has 6 nitrogen and oxygen atoms in total. The van der Waals surface area contributed by atoms with Gasteiger partial charge in [-0.3, -0.25) is 0 Å². The molecule has 1 aliphatic rings. The first-order valence-electron chi connectivity index (χ1n) is 6.40. The maximum Gasteiger partial charge on any atom is 0.326 e. The van der Waals surface area contributed by atoms with Crippen molar-refractivity contribution in [2.45, 2.75) is 44.7 Å². The molecule has 1 atom stereocenters. The zero-order valence-electron chi connectivity index (χ0n) is 11.0. The molecule has 0 aromatic heterocycles. The van der Waals surface area contributed by atoms with Crippen LogP contribution in [0.2, 0.25) is 0 Å². The molecule has 0 aromatic carbocycles. The largest absolute Gasteiger partial charge is 0.480 e. The van der Waals surface area contributed by atoms with Crippen molar-refractivity contribution in [3.05, 3.63) is 0 Å². The predicted octanol–water partition coefficient (Wildman–Crippen LogP) is 1.06. The van der Waals surface area contributed by atoms with Crippen LogP contribution in [0.3, 0.4) is 0 Å². The van der Waals surface area contributed by atoms with Gasteiger partial charge in [-0.15, -0.1) is 0 Å². The van der Waals surface area contributed by atoms with E-state index in [9.17, 15) is 9.59 Å². The molecule has 18 heavy (non-hydrogen) atoms. The topological polar surface area (TPSA) is 78.9 Å². The first kappa shape index (κ1) is 14.8. The summed E-state index contributed by atoms with van der Waals surface area (Å²) >= 11 is 0. The Morgan fingerprint density at radius 1 is 1.44 bits per heavy atom. The summed E-state index contributed by atoms with van der Waals surface area (Å²) in [6.07, 6.45) is 2.77. The second-order valence-corrected chi connectivity index (χ2v) is 4.58. The van der Waals surface area contributed by atoms with Gasteiger partial charge < -0.3 is 20.1 Å². The molecule has 0 saturated carbocycles. The number of nitrogens with one attached hydrogen (secondary N) is 1. The van der Waals surface area contributed by atoms with Gasteiger partial charge in [0.05, 0.1) is 0 Å². The zero-order chi connectivity index (χ0) is 13.5. The smallest absolute Gasteiger partial charge is 0.326 e. The molecular weight excluding hydrogens is 236 g/mol. The SMILES string of the molecule is CCC[C@@H](NC(=O)N(C)C1CCOCC1)C(=O)O. The third kappa shape index (κ3) is 4.18. The molecule has 1 heterocycles. The molecule has 0 aromatic rings. The van der Waals surface area contributed by atoms with Crippen molar-refractivity contribution in [2.24, 2.45) is 0 Å². The molecule has 1 saturated heterocycles. The number of hydrogen-bond donors (Lipinski definition) is 2. The van der Waals surface area contributed by atoms with Gasteiger partial charge in [-0.2, -0.15) is 0 Å². The molecule has 1 rings (SSSR count). The quantitative estimate of drug-likeness (QED) is 0.773. The Morgan fingerprint density at radius 3 is 2.56 bits per heavy atom. The number of nitrogens with zero attached hydrogens (tertiary/aromatic N) is 1. The van der Waals surface area contributed by atoms with E-state index in [1.54, 1.807) is 11.9 Å². The summed E-state index contributed by atoms with van der Waals surface area (Å²) in [5.74, 6) is -0.981. The summed E-state index contributed by atoms with van der Waals surface area (Å²) in [5.41, 5.74) is 0. The molecule has 1 fully saturated rings. The first-order chi connectivity index (χ1) is 8.56. The summed E-state index contributed by atoms with van der Waals surface area (Å²) < 4.78 is 5.24. The van der Waals surface area contributed by atoms with E-state index in [1.807, 2.05) is 6.92 Å². The highest BCUT2D eigenvalue weighted by Crippen LogP contribution is 2.13. The summed E-state index contributed by atoms with van der Waals surface area (Å²) in [4.78, 5) is 24.5. The van der Waals surface area contributed by atoms with Gasteiger partial charge >= 0.3 is 12.0 Å². The normalized spacial score (nSPS) is 18.1. The Kier molecular flexibility index (Phi) is 5.91. The minimum atomic E-state index is -0.981. The lowest BCUT2D eigenvalue weighted by molar-refractivity contribution is -0.139. The van der Waals surface area contributed by atoms with Crippen LogP contribution in [0.1, 0.15) is 32.6 Å². The van der Waals surface area contributed by atoms with Crippen LogP contribution in [0.25, 0.3) is 0 Å². The van der Waals surface area contributed by atoms with Crippen molar-refractivity contribution < 1.29 is 19.4 Å². The van der Waals surface area contributed by atoms with Gasteiger partial charge in [0.15, 0.2) is 0 Å². The Labute approximate surface area is 107 Å². The molecule has 2 N–H and O–H groups in total. The van der Waals surface area contributed by atoms with Crippen LogP contribution in [0.5, 0.6) is 0 Å². The van der Waals surface area contributed by atoms with Crippen molar-refractivity contribution in [3.63, 3.8) is 0 Å². The molecule has 0 radical (unpaired) electrons. The maximum atomic E-state index is 11.9. The van der Waals surface area contributed by atoms with Crippen LogP contribution < -0.4 is 5.32 Å². The lowest BCUT2D eigenvalue weighted by Gasteiger charge is -2.32. The molecular formula is C12H22N2O4. The number of carboxylic acids is 1. The van der Waals surface area contributed by atoms with Crippen molar-refractivity contribution in [3.8, 4) is 0 Å². The minimum absolute atomic E-state index is 0.134. The highest BCUT2D eigenvalue weighted by Gasteiger charge is 2.26. The molecule has 0 unspecified atom stereocenters. The predicted molar refractivity (Wildman–Crippen MR) is 66.5 cm³/mol. The number of aliphatic carboxylic acids is 1. The highest BCUT2D eigenvalue weighted by atomic mass is 16.5. The van der Waals surface area contributed by atoms with Crippen molar-refractivity contribution in [2.75, 3.05) is 20.3 Å². The van der Waals surface area contributed by atoms with Crippen LogP contribution >= 0.6 is 0 Å². The second-order valence-electron chi connectivity index (χ2n) is 4.58. The number of hydrogen-bond acceptors (Lipinski definition) is 3. The molecule has 0 bridgehead atoms. The molecule has 6 heteroatoms. The van der Waals surface area contributed by atoms with Crippen molar-refractivity contribution >= 4 is 12.0 Å². The fourth-order valence-corrected chi connectivity index (χ4v) is 2.04. The van der Waals surface area contributed by atoms with Gasteiger partial charge in [-0.1, -0.05) is 13.3 Å². The molecule has 1 aliphatic heterocycles. The zero-order valence-corrected chi connectivity index (χ0v) is 11.0. The van der Waals surface area contributed by atoms with Gasteiger partial charge in [-0.25, -0.2) is 9.59 Å². The lowest BCUT2D eigenvalue weighted by atomic mass is 10.1. The Balaban J connectivity index is 2.48. The van der Waals surface area contributed by atoms with Crippen LogP contribution in [-0.4, -0.2) is 54.4 Å². The fourth-order valence-electron chi connectivity index (χ4n) is 2.04. The molecule has 104 valence electrons. The van der Waals surface area contributed by atoms with E-state index >= 15 is 0 Å². The van der Waals surface area contributed by atoms with E-state index in [1.165, 1.54) is 0 Å². The van der Waals surface area contributed by atoms with E-state index in [-0.39, 0.29) is 12.1 Å². The van der Waals surface area contributed by atoms with E-state index in [0.29, 0.717) is 19.6 Å². The first-order valence-corrected chi connectivity index (χ1v) is 6.40. The Morgan fingerprint density at radius 2 is 2.06 bits per heavy atom. The fraction of sp³-hybridized carbons (Fsp3) is 0.833. The van der Waals surface area contributed by atoms with Gasteiger partial charge in [0, 0.05) is 26.3 Å². The van der Waals surface area contributed by atoms with E-state index in [2.05, 4.69) is 5.32 Å². The molecule has 0 aliphatic carbocycles. The van der Waals surface area contributed by atoms with Gasteiger partial charge in [0.1, 0.15) is 6.04 Å². The summed E-state index contributed by atoms with van der Waals surface area (Å²) in [5, 5.41) is 11.6. The van der Waals surface area contributed by atoms with E-state index in [4.69, 9.17) is 9.84 Å². The van der Waals surface area contributed by atoms with Crippen LogP contribution in [0.15, 0.2) is 0 Å². The number of carbonyl (C=O) groups is 2. The highest BCUT2D eigenvalue weighted by molar-refractivity contribution is 5.82. The summed E-state index contributed by atoms with van der Waals surface area (Å²) in [6, 6.07) is -0.984. The van der Waals surface area contributed by atoms with Gasteiger partial charge in [0.2, 0.25) is 0 Å².